The molecule has 0 atom stereocenters. The zero-order valence-electron chi connectivity index (χ0n) is 14.6. The standard InChI is InChI=1S/C19H18N4O4/c1-26-15-6-4-13(5-7-15)10-21-18(24)12-22-19(25)16-9-17(27-23-16)14-3-2-8-20-11-14/h2-9,11H,10,12H2,1H3,(H,21,24)(H,22,25). The number of nitrogens with zero attached hydrogens (tertiary/aromatic N) is 2. The van der Waals surface area contributed by atoms with Gasteiger partial charge in [-0.25, -0.2) is 0 Å². The predicted molar refractivity (Wildman–Crippen MR) is 96.9 cm³/mol. The molecule has 0 unspecified atom stereocenters. The number of methoxy groups -OCH3 is 1. The van der Waals surface area contributed by atoms with E-state index in [1.807, 2.05) is 24.3 Å². The van der Waals surface area contributed by atoms with Crippen molar-refractivity contribution < 1.29 is 18.8 Å². The average molecular weight is 366 g/mol. The van der Waals surface area contributed by atoms with Gasteiger partial charge in [0.25, 0.3) is 5.91 Å². The Kier molecular flexibility index (Phi) is 5.78. The molecule has 2 N–H and O–H groups in total. The summed E-state index contributed by atoms with van der Waals surface area (Å²) in [4.78, 5) is 28.0. The monoisotopic (exact) mass is 366 g/mol. The molecular weight excluding hydrogens is 348 g/mol. The van der Waals surface area contributed by atoms with Crippen LogP contribution in [0.25, 0.3) is 11.3 Å². The van der Waals surface area contributed by atoms with Crippen molar-refractivity contribution in [3.05, 3.63) is 66.1 Å². The van der Waals surface area contributed by atoms with Crippen molar-refractivity contribution in [1.29, 1.82) is 0 Å². The van der Waals surface area contributed by atoms with Gasteiger partial charge in [0.1, 0.15) is 5.75 Å². The Labute approximate surface area is 155 Å². The van der Waals surface area contributed by atoms with Gasteiger partial charge in [-0.05, 0) is 29.8 Å². The zero-order valence-corrected chi connectivity index (χ0v) is 14.6. The summed E-state index contributed by atoms with van der Waals surface area (Å²) in [6.07, 6.45) is 3.24. The van der Waals surface area contributed by atoms with Gasteiger partial charge in [-0.2, -0.15) is 0 Å². The summed E-state index contributed by atoms with van der Waals surface area (Å²) in [5.74, 6) is 0.372. The molecule has 0 aliphatic rings. The molecule has 1 aromatic carbocycles. The lowest BCUT2D eigenvalue weighted by Gasteiger charge is -2.07. The second-order valence-electron chi connectivity index (χ2n) is 5.63. The van der Waals surface area contributed by atoms with E-state index in [-0.39, 0.29) is 18.1 Å². The van der Waals surface area contributed by atoms with Crippen LogP contribution >= 0.6 is 0 Å². The van der Waals surface area contributed by atoms with Crippen molar-refractivity contribution in [2.45, 2.75) is 6.54 Å². The van der Waals surface area contributed by atoms with E-state index in [9.17, 15) is 9.59 Å². The van der Waals surface area contributed by atoms with Crippen LogP contribution in [0.1, 0.15) is 16.1 Å². The number of hydrogen-bond acceptors (Lipinski definition) is 6. The fraction of sp³-hybridized carbons (Fsp3) is 0.158. The summed E-state index contributed by atoms with van der Waals surface area (Å²) in [5.41, 5.74) is 1.73. The van der Waals surface area contributed by atoms with Gasteiger partial charge in [-0.15, -0.1) is 0 Å². The molecule has 0 aliphatic heterocycles. The second kappa shape index (κ2) is 8.61. The maximum atomic E-state index is 12.1. The molecular formula is C19H18N4O4. The van der Waals surface area contributed by atoms with E-state index in [0.29, 0.717) is 17.9 Å². The number of amides is 2. The molecule has 0 radical (unpaired) electrons. The Balaban J connectivity index is 1.47. The van der Waals surface area contributed by atoms with Gasteiger partial charge in [0.2, 0.25) is 5.91 Å². The summed E-state index contributed by atoms with van der Waals surface area (Å²) < 4.78 is 10.2. The van der Waals surface area contributed by atoms with Crippen molar-refractivity contribution in [3.8, 4) is 17.1 Å². The summed E-state index contributed by atoms with van der Waals surface area (Å²) in [7, 11) is 1.59. The molecule has 8 heteroatoms. The quantitative estimate of drug-likeness (QED) is 0.660. The van der Waals surface area contributed by atoms with Crippen LogP contribution in [0.5, 0.6) is 5.75 Å². The summed E-state index contributed by atoms with van der Waals surface area (Å²) >= 11 is 0. The fourth-order valence-corrected chi connectivity index (χ4v) is 2.28. The fourth-order valence-electron chi connectivity index (χ4n) is 2.28. The smallest absolute Gasteiger partial charge is 0.273 e. The molecule has 0 bridgehead atoms. The molecule has 2 aromatic heterocycles. The van der Waals surface area contributed by atoms with Crippen LogP contribution in [0, 0.1) is 0 Å². The number of carbonyl (C=O) groups is 2. The summed E-state index contributed by atoms with van der Waals surface area (Å²) in [5, 5.41) is 8.96. The SMILES string of the molecule is COc1ccc(CNC(=O)CNC(=O)c2cc(-c3cccnc3)on2)cc1. The van der Waals surface area contributed by atoms with Gasteiger partial charge >= 0.3 is 0 Å². The molecule has 138 valence electrons. The number of pyridine rings is 1. The van der Waals surface area contributed by atoms with E-state index < -0.39 is 5.91 Å². The first-order chi connectivity index (χ1) is 13.2. The predicted octanol–water partition coefficient (Wildman–Crippen LogP) is 1.79. The highest BCUT2D eigenvalue weighted by Gasteiger charge is 2.14. The minimum Gasteiger partial charge on any atom is -0.497 e. The molecule has 0 fully saturated rings. The van der Waals surface area contributed by atoms with Crippen molar-refractivity contribution >= 4 is 11.8 Å². The van der Waals surface area contributed by atoms with Crippen molar-refractivity contribution in [2.75, 3.05) is 13.7 Å². The molecule has 0 saturated carbocycles. The number of rotatable bonds is 7. The Hall–Kier alpha value is -3.68. The maximum absolute atomic E-state index is 12.1. The molecule has 27 heavy (non-hydrogen) atoms. The Morgan fingerprint density at radius 3 is 2.67 bits per heavy atom. The van der Waals surface area contributed by atoms with E-state index in [1.54, 1.807) is 31.6 Å². The lowest BCUT2D eigenvalue weighted by Crippen LogP contribution is -2.36. The number of carbonyl (C=O) groups excluding carboxylic acids is 2. The third-order valence-corrected chi connectivity index (χ3v) is 3.75. The van der Waals surface area contributed by atoms with E-state index in [2.05, 4.69) is 20.8 Å². The average Bonchev–Trinajstić information content (AvgIpc) is 3.22. The molecule has 2 amide bonds. The van der Waals surface area contributed by atoms with Crippen molar-refractivity contribution in [2.24, 2.45) is 0 Å². The van der Waals surface area contributed by atoms with Crippen LogP contribution < -0.4 is 15.4 Å². The van der Waals surface area contributed by atoms with E-state index in [0.717, 1.165) is 11.3 Å². The Morgan fingerprint density at radius 2 is 1.96 bits per heavy atom. The maximum Gasteiger partial charge on any atom is 0.273 e. The van der Waals surface area contributed by atoms with E-state index in [1.165, 1.54) is 6.07 Å². The highest BCUT2D eigenvalue weighted by Crippen LogP contribution is 2.18. The number of hydrogen-bond donors (Lipinski definition) is 2. The van der Waals surface area contributed by atoms with Gasteiger partial charge in [0.15, 0.2) is 11.5 Å². The Bertz CT molecular complexity index is 907. The lowest BCUT2D eigenvalue weighted by molar-refractivity contribution is -0.120. The molecule has 3 rings (SSSR count). The van der Waals surface area contributed by atoms with Gasteiger partial charge in [-0.3, -0.25) is 14.6 Å². The molecule has 0 spiro atoms. The molecule has 0 saturated heterocycles. The van der Waals surface area contributed by atoms with Gasteiger partial charge in [0, 0.05) is 30.6 Å². The van der Waals surface area contributed by atoms with Gasteiger partial charge in [0.05, 0.1) is 13.7 Å². The normalized spacial score (nSPS) is 10.3. The lowest BCUT2D eigenvalue weighted by atomic mass is 10.2. The third-order valence-electron chi connectivity index (χ3n) is 3.75. The number of nitrogens with one attached hydrogen (secondary N) is 2. The topological polar surface area (TPSA) is 106 Å². The molecule has 0 aliphatic carbocycles. The van der Waals surface area contributed by atoms with Crippen LogP contribution in [-0.2, 0) is 11.3 Å². The molecule has 3 aromatic rings. The highest BCUT2D eigenvalue weighted by atomic mass is 16.5. The first kappa shape index (κ1) is 18.1. The van der Waals surface area contributed by atoms with Crippen molar-refractivity contribution in [1.82, 2.24) is 20.8 Å². The van der Waals surface area contributed by atoms with Gasteiger partial charge < -0.3 is 19.9 Å². The van der Waals surface area contributed by atoms with E-state index >= 15 is 0 Å². The molecule has 2 heterocycles. The molecule has 8 nitrogen and oxygen atoms in total. The zero-order chi connectivity index (χ0) is 19.1. The number of benzene rings is 1. The van der Waals surface area contributed by atoms with Crippen LogP contribution in [0.2, 0.25) is 0 Å². The largest absolute Gasteiger partial charge is 0.497 e. The number of aromatic nitrogens is 2. The van der Waals surface area contributed by atoms with Crippen LogP contribution in [0.3, 0.4) is 0 Å². The first-order valence-electron chi connectivity index (χ1n) is 8.20. The summed E-state index contributed by atoms with van der Waals surface area (Å²) in [6, 6.07) is 12.4. The van der Waals surface area contributed by atoms with E-state index in [4.69, 9.17) is 9.26 Å². The minimum absolute atomic E-state index is 0.0943. The first-order valence-corrected chi connectivity index (χ1v) is 8.20. The van der Waals surface area contributed by atoms with Crippen LogP contribution in [0.4, 0.5) is 0 Å². The van der Waals surface area contributed by atoms with Crippen LogP contribution in [-0.4, -0.2) is 35.6 Å². The third kappa shape index (κ3) is 4.91. The summed E-state index contributed by atoms with van der Waals surface area (Å²) in [6.45, 7) is 0.192. The van der Waals surface area contributed by atoms with Gasteiger partial charge in [-0.1, -0.05) is 17.3 Å². The van der Waals surface area contributed by atoms with Crippen molar-refractivity contribution in [3.63, 3.8) is 0 Å². The minimum atomic E-state index is -0.492. The Morgan fingerprint density at radius 1 is 1.15 bits per heavy atom. The number of ether oxygens (including phenoxy) is 1. The highest BCUT2D eigenvalue weighted by molar-refractivity contribution is 5.95. The second-order valence-corrected chi connectivity index (χ2v) is 5.63. The van der Waals surface area contributed by atoms with Crippen LogP contribution in [0.15, 0.2) is 59.4 Å².